The van der Waals surface area contributed by atoms with Gasteiger partial charge in [-0.15, -0.1) is 0 Å². The van der Waals surface area contributed by atoms with E-state index in [-0.39, 0.29) is 0 Å². The third-order valence-electron chi connectivity index (χ3n) is 4.52. The van der Waals surface area contributed by atoms with Gasteiger partial charge >= 0.3 is 0 Å². The Balaban J connectivity index is 1.56. The van der Waals surface area contributed by atoms with Crippen LogP contribution >= 0.6 is 0 Å². The number of nitrogens with zero attached hydrogens (tertiary/aromatic N) is 1. The Kier molecular flexibility index (Phi) is 2.71. The van der Waals surface area contributed by atoms with E-state index < -0.39 is 0 Å². The zero-order valence-electron chi connectivity index (χ0n) is 9.40. The van der Waals surface area contributed by atoms with Gasteiger partial charge in [-0.2, -0.15) is 0 Å². The van der Waals surface area contributed by atoms with Crippen molar-refractivity contribution in [2.75, 3.05) is 26.3 Å². The van der Waals surface area contributed by atoms with Crippen molar-refractivity contribution in [3.63, 3.8) is 0 Å². The lowest BCUT2D eigenvalue weighted by Crippen LogP contribution is -2.47. The maximum absolute atomic E-state index is 6.15. The van der Waals surface area contributed by atoms with Crippen molar-refractivity contribution in [2.45, 2.75) is 37.8 Å². The summed E-state index contributed by atoms with van der Waals surface area (Å²) in [6, 6.07) is 1.25. The van der Waals surface area contributed by atoms with Crippen molar-refractivity contribution in [1.29, 1.82) is 0 Å². The molecule has 3 heteroatoms. The fraction of sp³-hybridized carbons (Fsp3) is 1.00. The minimum absolute atomic E-state index is 0.373. The normalized spacial score (nSPS) is 46.2. The van der Waals surface area contributed by atoms with Crippen LogP contribution in [0.3, 0.4) is 0 Å². The number of rotatable bonds is 2. The average Bonchev–Trinajstić information content (AvgIpc) is 2.83. The molecule has 3 aliphatic rings. The van der Waals surface area contributed by atoms with Gasteiger partial charge in [0.25, 0.3) is 0 Å². The highest BCUT2D eigenvalue weighted by Gasteiger charge is 2.39. The molecule has 15 heavy (non-hydrogen) atoms. The molecule has 4 atom stereocenters. The molecule has 1 aliphatic carbocycles. The van der Waals surface area contributed by atoms with Gasteiger partial charge in [0.2, 0.25) is 0 Å². The highest BCUT2D eigenvalue weighted by molar-refractivity contribution is 4.94. The summed E-state index contributed by atoms with van der Waals surface area (Å²) in [4.78, 5) is 2.67. The van der Waals surface area contributed by atoms with E-state index in [1.54, 1.807) is 0 Å². The number of likely N-dealkylation sites (tertiary alicyclic amines) is 1. The molecule has 3 nitrogen and oxygen atoms in total. The third-order valence-corrected chi connectivity index (χ3v) is 4.52. The van der Waals surface area contributed by atoms with E-state index in [1.807, 2.05) is 0 Å². The Morgan fingerprint density at radius 2 is 2.20 bits per heavy atom. The SMILES string of the molecule is NC1CCOCC1CN1CC2CCC1C2. The Hall–Kier alpha value is -0.120. The molecule has 2 aliphatic heterocycles. The number of fused-ring (bicyclic) bond motifs is 2. The molecule has 86 valence electrons. The summed E-state index contributed by atoms with van der Waals surface area (Å²) < 4.78 is 5.54. The second-order valence-electron chi connectivity index (χ2n) is 5.57. The van der Waals surface area contributed by atoms with E-state index in [9.17, 15) is 0 Å². The topological polar surface area (TPSA) is 38.5 Å². The molecule has 0 amide bonds. The molecule has 0 aromatic carbocycles. The number of nitrogens with two attached hydrogens (primary N) is 1. The molecule has 3 rings (SSSR count). The minimum atomic E-state index is 0.373. The van der Waals surface area contributed by atoms with Gasteiger partial charge in [-0.3, -0.25) is 4.90 Å². The van der Waals surface area contributed by atoms with E-state index in [0.717, 1.165) is 31.6 Å². The summed E-state index contributed by atoms with van der Waals surface area (Å²) in [6.45, 7) is 4.26. The molecule has 2 N–H and O–H groups in total. The molecular formula is C12H22N2O. The highest BCUT2D eigenvalue weighted by Crippen LogP contribution is 2.37. The van der Waals surface area contributed by atoms with Gasteiger partial charge in [0.1, 0.15) is 0 Å². The quantitative estimate of drug-likeness (QED) is 0.734. The Bertz CT molecular complexity index is 234. The first kappa shape index (κ1) is 10.1. The fourth-order valence-corrected chi connectivity index (χ4v) is 3.55. The van der Waals surface area contributed by atoms with Crippen LogP contribution in [0.1, 0.15) is 25.7 Å². The van der Waals surface area contributed by atoms with Crippen LogP contribution in [0.25, 0.3) is 0 Å². The van der Waals surface area contributed by atoms with Crippen molar-refractivity contribution in [3.05, 3.63) is 0 Å². The molecule has 2 bridgehead atoms. The van der Waals surface area contributed by atoms with E-state index in [0.29, 0.717) is 12.0 Å². The average molecular weight is 210 g/mol. The van der Waals surface area contributed by atoms with E-state index >= 15 is 0 Å². The summed E-state index contributed by atoms with van der Waals surface area (Å²) in [5.74, 6) is 1.58. The van der Waals surface area contributed by atoms with Crippen LogP contribution in [0.2, 0.25) is 0 Å². The van der Waals surface area contributed by atoms with Crippen molar-refractivity contribution >= 4 is 0 Å². The summed E-state index contributed by atoms with van der Waals surface area (Å²) >= 11 is 0. The molecule has 0 radical (unpaired) electrons. The molecule has 0 aromatic rings. The van der Waals surface area contributed by atoms with Crippen molar-refractivity contribution in [3.8, 4) is 0 Å². The maximum atomic E-state index is 6.15. The smallest absolute Gasteiger partial charge is 0.0521 e. The van der Waals surface area contributed by atoms with Crippen molar-refractivity contribution in [1.82, 2.24) is 4.90 Å². The zero-order valence-corrected chi connectivity index (χ0v) is 9.40. The van der Waals surface area contributed by atoms with Crippen molar-refractivity contribution < 1.29 is 4.74 Å². The number of hydrogen-bond donors (Lipinski definition) is 1. The second kappa shape index (κ2) is 4.04. The standard InChI is InChI=1S/C12H22N2O/c13-12-3-4-15-8-10(12)7-14-6-9-1-2-11(14)5-9/h9-12H,1-8,13H2. The first-order valence-corrected chi connectivity index (χ1v) is 6.40. The van der Waals surface area contributed by atoms with E-state index in [4.69, 9.17) is 10.5 Å². The van der Waals surface area contributed by atoms with Gasteiger partial charge in [0.15, 0.2) is 0 Å². The predicted molar refractivity (Wildman–Crippen MR) is 59.6 cm³/mol. The van der Waals surface area contributed by atoms with Crippen molar-refractivity contribution in [2.24, 2.45) is 17.6 Å². The molecule has 0 spiro atoms. The van der Waals surface area contributed by atoms with Gasteiger partial charge < -0.3 is 10.5 Å². The maximum Gasteiger partial charge on any atom is 0.0521 e. The Labute approximate surface area is 91.9 Å². The summed E-state index contributed by atoms with van der Waals surface area (Å²) in [5, 5.41) is 0. The van der Waals surface area contributed by atoms with Crippen LogP contribution in [0.5, 0.6) is 0 Å². The molecular weight excluding hydrogens is 188 g/mol. The van der Waals surface area contributed by atoms with Crippen LogP contribution in [-0.2, 0) is 4.74 Å². The monoisotopic (exact) mass is 210 g/mol. The highest BCUT2D eigenvalue weighted by atomic mass is 16.5. The van der Waals surface area contributed by atoms with Crippen LogP contribution in [0.4, 0.5) is 0 Å². The number of hydrogen-bond acceptors (Lipinski definition) is 3. The first-order chi connectivity index (χ1) is 7.33. The zero-order chi connectivity index (χ0) is 10.3. The fourth-order valence-electron chi connectivity index (χ4n) is 3.55. The molecule has 3 fully saturated rings. The summed E-state index contributed by atoms with van der Waals surface area (Å²) in [6.07, 6.45) is 5.39. The Morgan fingerprint density at radius 3 is 2.87 bits per heavy atom. The lowest BCUT2D eigenvalue weighted by atomic mass is 9.95. The lowest BCUT2D eigenvalue weighted by Gasteiger charge is -2.35. The van der Waals surface area contributed by atoms with Crippen LogP contribution in [0, 0.1) is 11.8 Å². The molecule has 1 saturated carbocycles. The molecule has 2 saturated heterocycles. The molecule has 0 aromatic heterocycles. The summed E-state index contributed by atoms with van der Waals surface area (Å²) in [7, 11) is 0. The predicted octanol–water partition coefficient (Wildman–Crippen LogP) is 0.834. The van der Waals surface area contributed by atoms with Gasteiger partial charge in [-0.1, -0.05) is 0 Å². The third kappa shape index (κ3) is 1.93. The van der Waals surface area contributed by atoms with Crippen LogP contribution < -0.4 is 5.73 Å². The Morgan fingerprint density at radius 1 is 1.27 bits per heavy atom. The van der Waals surface area contributed by atoms with Crippen LogP contribution in [0.15, 0.2) is 0 Å². The minimum Gasteiger partial charge on any atom is -0.381 e. The number of ether oxygens (including phenoxy) is 1. The summed E-state index contributed by atoms with van der Waals surface area (Å²) in [5.41, 5.74) is 6.15. The van der Waals surface area contributed by atoms with Crippen LogP contribution in [-0.4, -0.2) is 43.3 Å². The molecule has 4 unspecified atom stereocenters. The number of piperidine rings is 1. The molecule has 2 heterocycles. The lowest BCUT2D eigenvalue weighted by molar-refractivity contribution is 0.0214. The second-order valence-corrected chi connectivity index (χ2v) is 5.57. The van der Waals surface area contributed by atoms with Gasteiger partial charge in [-0.25, -0.2) is 0 Å². The van der Waals surface area contributed by atoms with Gasteiger partial charge in [-0.05, 0) is 31.6 Å². The largest absolute Gasteiger partial charge is 0.381 e. The van der Waals surface area contributed by atoms with E-state index in [2.05, 4.69) is 4.90 Å². The van der Waals surface area contributed by atoms with Gasteiger partial charge in [0, 0.05) is 37.7 Å². The van der Waals surface area contributed by atoms with E-state index in [1.165, 1.54) is 32.4 Å². The van der Waals surface area contributed by atoms with Gasteiger partial charge in [0.05, 0.1) is 6.61 Å². The first-order valence-electron chi connectivity index (χ1n) is 6.40.